The molecule has 1 N–H and O–H groups in total. The molecule has 1 aliphatic heterocycles. The van der Waals surface area contributed by atoms with E-state index >= 15 is 0 Å². The Balaban J connectivity index is 2.02. The predicted molar refractivity (Wildman–Crippen MR) is 69.5 cm³/mol. The molecule has 0 saturated carbocycles. The van der Waals surface area contributed by atoms with E-state index in [1.165, 1.54) is 12.2 Å². The Labute approximate surface area is 125 Å². The van der Waals surface area contributed by atoms with Gasteiger partial charge >= 0.3 is 11.9 Å². The lowest BCUT2D eigenvalue weighted by Crippen LogP contribution is -2.33. The third-order valence-electron chi connectivity index (χ3n) is 2.65. The number of nitrogens with zero attached hydrogens (tertiary/aromatic N) is 1. The van der Waals surface area contributed by atoms with Gasteiger partial charge in [-0.3, -0.25) is 24.1 Å². The van der Waals surface area contributed by atoms with Crippen LogP contribution in [0.3, 0.4) is 0 Å². The van der Waals surface area contributed by atoms with E-state index in [9.17, 15) is 24.0 Å². The number of Topliss-reactive ketones (excluding diaryl/α,β-unsaturated/α-hetero) is 1. The summed E-state index contributed by atoms with van der Waals surface area (Å²) in [4.78, 5) is 55.5. The molecule has 0 aromatic carbocycles. The van der Waals surface area contributed by atoms with Crippen molar-refractivity contribution in [1.82, 2.24) is 4.90 Å². The van der Waals surface area contributed by atoms with Gasteiger partial charge in [-0.1, -0.05) is 0 Å². The highest BCUT2D eigenvalue weighted by Crippen LogP contribution is 2.02. The molecule has 0 saturated heterocycles. The van der Waals surface area contributed by atoms with Gasteiger partial charge in [-0.25, -0.2) is 4.79 Å². The van der Waals surface area contributed by atoms with Gasteiger partial charge in [-0.05, 0) is 0 Å². The number of carbonyl (C=O) groups excluding carboxylic acids is 4. The maximum atomic E-state index is 11.2. The summed E-state index contributed by atoms with van der Waals surface area (Å²) in [6.07, 6.45) is 1.61. The zero-order valence-corrected chi connectivity index (χ0v) is 11.6. The minimum absolute atomic E-state index is 0.0578. The van der Waals surface area contributed by atoms with Crippen molar-refractivity contribution in [2.75, 3.05) is 26.4 Å². The van der Waals surface area contributed by atoms with Crippen LogP contribution in [0.2, 0.25) is 0 Å². The summed E-state index contributed by atoms with van der Waals surface area (Å²) in [6, 6.07) is 0. The van der Waals surface area contributed by atoms with E-state index in [-0.39, 0.29) is 32.8 Å². The topological polar surface area (TPSA) is 127 Å². The standard InChI is InChI=1S/C13H15NO8/c15-9(13(19)20)1-4-12(18)22-8-7-21-6-5-14-10(16)2-3-11(14)17/h2-3H,1,4-8H2,(H,19,20). The monoisotopic (exact) mass is 313 g/mol. The highest BCUT2D eigenvalue weighted by Gasteiger charge is 2.22. The van der Waals surface area contributed by atoms with E-state index in [0.717, 1.165) is 4.90 Å². The van der Waals surface area contributed by atoms with Crippen molar-refractivity contribution in [3.05, 3.63) is 12.2 Å². The second-order valence-corrected chi connectivity index (χ2v) is 4.22. The van der Waals surface area contributed by atoms with Gasteiger partial charge in [-0.15, -0.1) is 0 Å². The van der Waals surface area contributed by atoms with Crippen molar-refractivity contribution in [3.8, 4) is 0 Å². The molecule has 0 radical (unpaired) electrons. The van der Waals surface area contributed by atoms with Crippen molar-refractivity contribution < 1.29 is 38.6 Å². The summed E-state index contributed by atoms with van der Waals surface area (Å²) in [7, 11) is 0. The fraction of sp³-hybridized carbons (Fsp3) is 0.462. The van der Waals surface area contributed by atoms with Crippen LogP contribution in [0.4, 0.5) is 0 Å². The van der Waals surface area contributed by atoms with Crippen LogP contribution in [0.5, 0.6) is 0 Å². The molecule has 0 bridgehead atoms. The van der Waals surface area contributed by atoms with Crippen LogP contribution >= 0.6 is 0 Å². The van der Waals surface area contributed by atoms with Gasteiger partial charge in [0.25, 0.3) is 11.8 Å². The maximum Gasteiger partial charge on any atom is 0.372 e. The third kappa shape index (κ3) is 5.83. The van der Waals surface area contributed by atoms with Crippen molar-refractivity contribution in [2.24, 2.45) is 0 Å². The van der Waals surface area contributed by atoms with Gasteiger partial charge < -0.3 is 14.6 Å². The van der Waals surface area contributed by atoms with Crippen molar-refractivity contribution in [2.45, 2.75) is 12.8 Å². The normalized spacial score (nSPS) is 13.5. The molecule has 9 nitrogen and oxygen atoms in total. The number of imide groups is 1. The molecule has 0 aromatic heterocycles. The molecule has 0 fully saturated rings. The number of amides is 2. The van der Waals surface area contributed by atoms with Crippen molar-refractivity contribution in [1.29, 1.82) is 0 Å². The average molecular weight is 313 g/mol. The molecule has 0 aromatic rings. The molecule has 120 valence electrons. The number of esters is 1. The number of aliphatic carboxylic acids is 1. The molecule has 0 spiro atoms. The van der Waals surface area contributed by atoms with Gasteiger partial charge in [0.15, 0.2) is 0 Å². The van der Waals surface area contributed by atoms with Gasteiger partial charge in [0.1, 0.15) is 6.61 Å². The molecular formula is C13H15NO8. The molecule has 1 heterocycles. The molecular weight excluding hydrogens is 298 g/mol. The predicted octanol–water partition coefficient (Wildman–Crippen LogP) is -1.09. The molecule has 1 aliphatic rings. The first-order valence-corrected chi connectivity index (χ1v) is 6.45. The fourth-order valence-corrected chi connectivity index (χ4v) is 1.52. The second kappa shape index (κ2) is 8.67. The van der Waals surface area contributed by atoms with E-state index in [4.69, 9.17) is 14.6 Å². The van der Waals surface area contributed by atoms with Gasteiger partial charge in [-0.2, -0.15) is 0 Å². The fourth-order valence-electron chi connectivity index (χ4n) is 1.52. The van der Waals surface area contributed by atoms with E-state index in [1.807, 2.05) is 0 Å². The van der Waals surface area contributed by atoms with Crippen LogP contribution < -0.4 is 0 Å². The van der Waals surface area contributed by atoms with E-state index in [1.54, 1.807) is 0 Å². The Bertz CT molecular complexity index is 492. The zero-order valence-electron chi connectivity index (χ0n) is 11.6. The molecule has 22 heavy (non-hydrogen) atoms. The Hall–Kier alpha value is -2.55. The first kappa shape index (κ1) is 17.5. The summed E-state index contributed by atoms with van der Waals surface area (Å²) in [5, 5.41) is 8.32. The lowest BCUT2D eigenvalue weighted by atomic mass is 10.2. The van der Waals surface area contributed by atoms with Gasteiger partial charge in [0.2, 0.25) is 5.78 Å². The molecule has 0 atom stereocenters. The maximum absolute atomic E-state index is 11.2. The number of rotatable bonds is 10. The Morgan fingerprint density at radius 1 is 1.00 bits per heavy atom. The number of hydrogen-bond donors (Lipinski definition) is 1. The van der Waals surface area contributed by atoms with E-state index in [2.05, 4.69) is 0 Å². The number of carboxylic acid groups (broad SMARTS) is 1. The van der Waals surface area contributed by atoms with Crippen molar-refractivity contribution in [3.63, 3.8) is 0 Å². The van der Waals surface area contributed by atoms with Crippen LogP contribution in [0.15, 0.2) is 12.2 Å². The summed E-state index contributed by atoms with van der Waals surface area (Å²) in [5.74, 6) is -4.14. The van der Waals surface area contributed by atoms with Gasteiger partial charge in [0, 0.05) is 18.6 Å². The van der Waals surface area contributed by atoms with Crippen LogP contribution in [0, 0.1) is 0 Å². The second-order valence-electron chi connectivity index (χ2n) is 4.22. The smallest absolute Gasteiger partial charge is 0.372 e. The third-order valence-corrected chi connectivity index (χ3v) is 2.65. The minimum Gasteiger partial charge on any atom is -0.476 e. The van der Waals surface area contributed by atoms with Crippen molar-refractivity contribution >= 4 is 29.5 Å². The minimum atomic E-state index is -1.59. The average Bonchev–Trinajstić information content (AvgIpc) is 2.79. The lowest BCUT2D eigenvalue weighted by molar-refractivity contribution is -0.151. The van der Waals surface area contributed by atoms with Crippen LogP contribution in [-0.2, 0) is 33.4 Å². The van der Waals surface area contributed by atoms with Crippen LogP contribution in [0.1, 0.15) is 12.8 Å². The zero-order chi connectivity index (χ0) is 16.5. The van der Waals surface area contributed by atoms with Crippen LogP contribution in [0.25, 0.3) is 0 Å². The largest absolute Gasteiger partial charge is 0.476 e. The SMILES string of the molecule is O=C(CCC(=O)C(=O)O)OCCOCCN1C(=O)C=CC1=O. The van der Waals surface area contributed by atoms with E-state index < -0.39 is 36.0 Å². The van der Waals surface area contributed by atoms with E-state index in [0.29, 0.717) is 0 Å². The summed E-state index contributed by atoms with van der Waals surface area (Å²) >= 11 is 0. The summed E-state index contributed by atoms with van der Waals surface area (Å²) in [5.41, 5.74) is 0. The highest BCUT2D eigenvalue weighted by molar-refractivity contribution is 6.32. The number of ketones is 1. The lowest BCUT2D eigenvalue weighted by Gasteiger charge is -2.13. The first-order valence-electron chi connectivity index (χ1n) is 6.45. The first-order chi connectivity index (χ1) is 10.4. The highest BCUT2D eigenvalue weighted by atomic mass is 16.6. The number of hydrogen-bond acceptors (Lipinski definition) is 7. The Morgan fingerprint density at radius 3 is 2.23 bits per heavy atom. The molecule has 9 heteroatoms. The number of ether oxygens (including phenoxy) is 2. The number of carboxylic acids is 1. The molecule has 0 aliphatic carbocycles. The molecule has 2 amide bonds. The molecule has 1 rings (SSSR count). The number of carbonyl (C=O) groups is 5. The van der Waals surface area contributed by atoms with Crippen LogP contribution in [-0.4, -0.2) is 65.9 Å². The Morgan fingerprint density at radius 2 is 1.64 bits per heavy atom. The van der Waals surface area contributed by atoms with Gasteiger partial charge in [0.05, 0.1) is 26.2 Å². The summed E-state index contributed by atoms with van der Waals surface area (Å²) < 4.78 is 9.81. The molecule has 0 unspecified atom stereocenters. The Kier molecular flexibility index (Phi) is 6.90. The quantitative estimate of drug-likeness (QED) is 0.233. The summed E-state index contributed by atoms with van der Waals surface area (Å²) in [6.45, 7) is 0.197.